The van der Waals surface area contributed by atoms with Gasteiger partial charge in [0.15, 0.2) is 5.13 Å². The normalized spacial score (nSPS) is 14.4. The molecule has 2 heterocycles. The third-order valence-electron chi connectivity index (χ3n) is 5.04. The van der Waals surface area contributed by atoms with Crippen molar-refractivity contribution in [1.29, 1.82) is 0 Å². The van der Waals surface area contributed by atoms with E-state index in [1.54, 1.807) is 18.4 Å². The van der Waals surface area contributed by atoms with Gasteiger partial charge < -0.3 is 14.5 Å². The molecule has 0 saturated carbocycles. The van der Waals surface area contributed by atoms with Gasteiger partial charge in [-0.15, -0.1) is 11.8 Å². The SMILES string of the molecule is COc1cccc2sc(N3CCN(C(=O)CCCSc4ccccc4)CC3)nc12. The number of anilines is 1. The topological polar surface area (TPSA) is 45.7 Å². The van der Waals surface area contributed by atoms with Crippen LogP contribution in [0.5, 0.6) is 5.75 Å². The average molecular weight is 428 g/mol. The number of piperazine rings is 1. The minimum atomic E-state index is 0.268. The lowest BCUT2D eigenvalue weighted by atomic mass is 10.2. The molecule has 0 aliphatic carbocycles. The molecule has 1 saturated heterocycles. The van der Waals surface area contributed by atoms with Crippen molar-refractivity contribution in [1.82, 2.24) is 9.88 Å². The van der Waals surface area contributed by atoms with Crippen LogP contribution < -0.4 is 9.64 Å². The predicted molar refractivity (Wildman–Crippen MR) is 121 cm³/mol. The van der Waals surface area contributed by atoms with Gasteiger partial charge in [-0.3, -0.25) is 4.79 Å². The lowest BCUT2D eigenvalue weighted by molar-refractivity contribution is -0.131. The highest BCUT2D eigenvalue weighted by atomic mass is 32.2. The molecule has 7 heteroatoms. The monoisotopic (exact) mass is 427 g/mol. The van der Waals surface area contributed by atoms with Crippen molar-refractivity contribution in [2.24, 2.45) is 0 Å². The van der Waals surface area contributed by atoms with Crippen LogP contribution >= 0.6 is 23.1 Å². The van der Waals surface area contributed by atoms with Crippen molar-refractivity contribution >= 4 is 44.4 Å². The molecule has 0 spiro atoms. The van der Waals surface area contributed by atoms with Crippen LogP contribution in [0, 0.1) is 0 Å². The molecule has 1 aromatic heterocycles. The van der Waals surface area contributed by atoms with Crippen LogP contribution in [0.2, 0.25) is 0 Å². The number of aromatic nitrogens is 1. The zero-order valence-corrected chi connectivity index (χ0v) is 18.2. The van der Waals surface area contributed by atoms with E-state index in [-0.39, 0.29) is 5.91 Å². The zero-order chi connectivity index (χ0) is 20.1. The molecule has 29 heavy (non-hydrogen) atoms. The van der Waals surface area contributed by atoms with E-state index in [1.165, 1.54) is 4.90 Å². The Morgan fingerprint density at radius 2 is 1.90 bits per heavy atom. The Balaban J connectivity index is 1.25. The molecule has 5 nitrogen and oxygen atoms in total. The number of fused-ring (bicyclic) bond motifs is 1. The number of hydrogen-bond acceptors (Lipinski definition) is 6. The zero-order valence-electron chi connectivity index (χ0n) is 16.5. The molecule has 1 aliphatic heterocycles. The van der Waals surface area contributed by atoms with E-state index >= 15 is 0 Å². The summed E-state index contributed by atoms with van der Waals surface area (Å²) in [6.45, 7) is 3.18. The summed E-state index contributed by atoms with van der Waals surface area (Å²) in [5.74, 6) is 2.06. The Morgan fingerprint density at radius 3 is 2.66 bits per heavy atom. The van der Waals surface area contributed by atoms with Gasteiger partial charge in [-0.05, 0) is 36.4 Å². The van der Waals surface area contributed by atoms with Crippen molar-refractivity contribution in [2.75, 3.05) is 43.9 Å². The molecule has 0 unspecified atom stereocenters. The molecule has 1 fully saturated rings. The average Bonchev–Trinajstić information content (AvgIpc) is 3.22. The van der Waals surface area contributed by atoms with Gasteiger partial charge in [0.1, 0.15) is 11.3 Å². The number of carbonyl (C=O) groups excluding carboxylic acids is 1. The van der Waals surface area contributed by atoms with Gasteiger partial charge in [-0.2, -0.15) is 0 Å². The number of thiazole rings is 1. The Morgan fingerprint density at radius 1 is 1.10 bits per heavy atom. The van der Waals surface area contributed by atoms with Crippen molar-refractivity contribution < 1.29 is 9.53 Å². The Labute approximate surface area is 179 Å². The van der Waals surface area contributed by atoms with Crippen molar-refractivity contribution in [3.05, 3.63) is 48.5 Å². The van der Waals surface area contributed by atoms with Gasteiger partial charge in [0, 0.05) is 37.5 Å². The van der Waals surface area contributed by atoms with Crippen LogP contribution in [0.25, 0.3) is 10.2 Å². The van der Waals surface area contributed by atoms with E-state index in [1.807, 2.05) is 34.9 Å². The van der Waals surface area contributed by atoms with E-state index < -0.39 is 0 Å². The quantitative estimate of drug-likeness (QED) is 0.410. The standard InChI is InChI=1S/C22H25N3O2S2/c1-27-18-9-5-10-19-21(18)23-22(29-19)25-14-12-24(13-15-25)20(26)11-6-16-28-17-7-3-2-4-8-17/h2-5,7-10H,6,11-16H2,1H3. The molecule has 0 radical (unpaired) electrons. The first kappa shape index (κ1) is 20.0. The van der Waals surface area contributed by atoms with E-state index in [9.17, 15) is 4.79 Å². The number of carbonyl (C=O) groups is 1. The number of methoxy groups -OCH3 is 1. The summed E-state index contributed by atoms with van der Waals surface area (Å²) in [5.41, 5.74) is 0.921. The first-order valence-electron chi connectivity index (χ1n) is 9.89. The highest BCUT2D eigenvalue weighted by Gasteiger charge is 2.23. The van der Waals surface area contributed by atoms with E-state index in [2.05, 4.69) is 35.2 Å². The second-order valence-corrected chi connectivity index (χ2v) is 9.11. The van der Waals surface area contributed by atoms with Crippen LogP contribution in [-0.4, -0.2) is 54.8 Å². The number of hydrogen-bond donors (Lipinski definition) is 0. The third-order valence-corrected chi connectivity index (χ3v) is 7.22. The lowest BCUT2D eigenvalue weighted by Crippen LogP contribution is -2.48. The summed E-state index contributed by atoms with van der Waals surface area (Å²) >= 11 is 3.50. The Bertz CT molecular complexity index is 953. The summed E-state index contributed by atoms with van der Waals surface area (Å²) in [7, 11) is 1.68. The first-order chi connectivity index (χ1) is 14.2. The van der Waals surface area contributed by atoms with Gasteiger partial charge in [0.2, 0.25) is 5.91 Å². The third kappa shape index (κ3) is 4.85. The molecule has 2 aromatic carbocycles. The molecule has 0 N–H and O–H groups in total. The number of amides is 1. The van der Waals surface area contributed by atoms with Crippen molar-refractivity contribution in [2.45, 2.75) is 17.7 Å². The van der Waals surface area contributed by atoms with Crippen molar-refractivity contribution in [3.8, 4) is 5.75 Å². The maximum absolute atomic E-state index is 12.5. The van der Waals surface area contributed by atoms with E-state index in [0.717, 1.165) is 59.5 Å². The fraction of sp³-hybridized carbons (Fsp3) is 0.364. The number of ether oxygens (including phenoxy) is 1. The molecule has 0 bridgehead atoms. The largest absolute Gasteiger partial charge is 0.494 e. The van der Waals surface area contributed by atoms with Crippen LogP contribution in [0.15, 0.2) is 53.4 Å². The predicted octanol–water partition coefficient (Wildman–Crippen LogP) is 4.53. The number of rotatable bonds is 7. The summed E-state index contributed by atoms with van der Waals surface area (Å²) in [4.78, 5) is 22.9. The number of nitrogens with zero attached hydrogens (tertiary/aromatic N) is 3. The molecular weight excluding hydrogens is 402 g/mol. The summed E-state index contributed by atoms with van der Waals surface area (Å²) < 4.78 is 6.56. The minimum absolute atomic E-state index is 0.268. The van der Waals surface area contributed by atoms with Crippen LogP contribution in [0.3, 0.4) is 0 Å². The first-order valence-corrected chi connectivity index (χ1v) is 11.7. The molecule has 1 amide bonds. The maximum Gasteiger partial charge on any atom is 0.222 e. The fourth-order valence-corrected chi connectivity index (χ4v) is 5.36. The van der Waals surface area contributed by atoms with Crippen LogP contribution in [0.1, 0.15) is 12.8 Å². The Kier molecular flexibility index (Phi) is 6.56. The molecular formula is C22H25N3O2S2. The maximum atomic E-state index is 12.5. The molecule has 4 rings (SSSR count). The van der Waals surface area contributed by atoms with Crippen LogP contribution in [0.4, 0.5) is 5.13 Å². The summed E-state index contributed by atoms with van der Waals surface area (Å²) in [6, 6.07) is 16.4. The van der Waals surface area contributed by atoms with Gasteiger partial charge in [0.05, 0.1) is 11.8 Å². The second-order valence-electron chi connectivity index (χ2n) is 6.94. The van der Waals surface area contributed by atoms with Gasteiger partial charge >= 0.3 is 0 Å². The van der Waals surface area contributed by atoms with E-state index in [0.29, 0.717) is 6.42 Å². The highest BCUT2D eigenvalue weighted by Crippen LogP contribution is 2.34. The summed E-state index contributed by atoms with van der Waals surface area (Å²) in [5, 5.41) is 1.01. The molecule has 3 aromatic rings. The smallest absolute Gasteiger partial charge is 0.222 e. The number of thioether (sulfide) groups is 1. The molecule has 1 aliphatic rings. The van der Waals surface area contributed by atoms with Crippen molar-refractivity contribution in [3.63, 3.8) is 0 Å². The lowest BCUT2D eigenvalue weighted by Gasteiger charge is -2.34. The van der Waals surface area contributed by atoms with Gasteiger partial charge in [-0.25, -0.2) is 4.98 Å². The molecule has 152 valence electrons. The minimum Gasteiger partial charge on any atom is -0.494 e. The highest BCUT2D eigenvalue weighted by molar-refractivity contribution is 7.99. The number of benzene rings is 2. The summed E-state index contributed by atoms with van der Waals surface area (Å²) in [6.07, 6.45) is 1.54. The molecule has 0 atom stereocenters. The van der Waals surface area contributed by atoms with Crippen LogP contribution in [-0.2, 0) is 4.79 Å². The second kappa shape index (κ2) is 9.50. The van der Waals surface area contributed by atoms with E-state index in [4.69, 9.17) is 9.72 Å². The van der Waals surface area contributed by atoms with Gasteiger partial charge in [0.25, 0.3) is 0 Å². The number of para-hydroxylation sites is 1. The fourth-order valence-electron chi connectivity index (χ4n) is 3.45. The Hall–Kier alpha value is -2.25. The van der Waals surface area contributed by atoms with Gasteiger partial charge in [-0.1, -0.05) is 35.6 Å².